The summed E-state index contributed by atoms with van der Waals surface area (Å²) in [7, 11) is 0. The van der Waals surface area contributed by atoms with Crippen molar-refractivity contribution in [1.29, 1.82) is 0 Å². The Morgan fingerprint density at radius 2 is 2.03 bits per heavy atom. The van der Waals surface area contributed by atoms with Crippen LogP contribution in [0.2, 0.25) is 0 Å². The topological polar surface area (TPSA) is 100 Å². The number of aromatic nitrogens is 1. The number of anilines is 2. The number of piperidine rings is 1. The molecule has 1 aliphatic carbocycles. The van der Waals surface area contributed by atoms with Crippen LogP contribution in [0.15, 0.2) is 23.6 Å². The van der Waals surface area contributed by atoms with E-state index >= 15 is 0 Å². The van der Waals surface area contributed by atoms with Crippen molar-refractivity contribution in [2.24, 2.45) is 11.8 Å². The van der Waals surface area contributed by atoms with Gasteiger partial charge in [0.15, 0.2) is 5.13 Å². The highest BCUT2D eigenvalue weighted by Gasteiger charge is 2.26. The van der Waals surface area contributed by atoms with E-state index < -0.39 is 10.8 Å². The van der Waals surface area contributed by atoms with Gasteiger partial charge in [-0.25, -0.2) is 4.98 Å². The van der Waals surface area contributed by atoms with E-state index in [0.29, 0.717) is 28.7 Å². The molecule has 8 nitrogen and oxygen atoms in total. The molecule has 9 heteroatoms. The zero-order valence-electron chi connectivity index (χ0n) is 17.3. The number of nitro benzene ring substituents is 1. The van der Waals surface area contributed by atoms with Gasteiger partial charge in [-0.05, 0) is 43.2 Å². The summed E-state index contributed by atoms with van der Waals surface area (Å²) in [4.78, 5) is 30.5. The Hall–Kier alpha value is -2.52. The van der Waals surface area contributed by atoms with E-state index in [9.17, 15) is 14.9 Å². The van der Waals surface area contributed by atoms with Gasteiger partial charge >= 0.3 is 0 Å². The third-order valence-electron chi connectivity index (χ3n) is 5.50. The number of carbonyl (C=O) groups excluding carboxylic acids is 1. The lowest BCUT2D eigenvalue weighted by atomic mass is 9.92. The molecule has 1 saturated heterocycles. The molecule has 0 radical (unpaired) electrons. The molecule has 2 aromatic rings. The molecule has 1 aromatic heterocycles. The van der Waals surface area contributed by atoms with E-state index in [1.165, 1.54) is 23.8 Å². The molecular formula is C21H27N5O3S. The molecule has 1 aromatic carbocycles. The van der Waals surface area contributed by atoms with E-state index in [-0.39, 0.29) is 11.3 Å². The number of benzene rings is 1. The number of nitrogens with one attached hydrogen (secondary N) is 2. The standard InChI is InChI=1S/C21H27N5O3S/c1-13-7-14(2)10-25(9-13)11-17-12-30-21(23-17)24-20(27)15-3-6-18(22-16-4-5-16)19(8-15)26(28)29/h3,6,8,12-14,16,22H,4-5,7,9-11H2,1-2H3,(H,23,24,27). The molecule has 2 aliphatic rings. The maximum Gasteiger partial charge on any atom is 0.293 e. The Kier molecular flexibility index (Phi) is 6.01. The summed E-state index contributed by atoms with van der Waals surface area (Å²) in [6, 6.07) is 4.84. The van der Waals surface area contributed by atoms with Crippen LogP contribution in [-0.4, -0.2) is 39.8 Å². The summed E-state index contributed by atoms with van der Waals surface area (Å²) >= 11 is 1.38. The van der Waals surface area contributed by atoms with Gasteiger partial charge in [0.05, 0.1) is 10.6 Å². The van der Waals surface area contributed by atoms with E-state index in [1.54, 1.807) is 12.1 Å². The molecule has 30 heavy (non-hydrogen) atoms. The Labute approximate surface area is 179 Å². The van der Waals surface area contributed by atoms with Crippen molar-refractivity contribution in [2.45, 2.75) is 45.7 Å². The lowest BCUT2D eigenvalue weighted by Crippen LogP contribution is -2.38. The zero-order chi connectivity index (χ0) is 21.3. The van der Waals surface area contributed by atoms with Crippen molar-refractivity contribution in [3.8, 4) is 0 Å². The monoisotopic (exact) mass is 429 g/mol. The molecule has 1 amide bonds. The molecule has 2 fully saturated rings. The van der Waals surface area contributed by atoms with Gasteiger partial charge in [-0.2, -0.15) is 0 Å². The second kappa shape index (κ2) is 8.69. The highest BCUT2D eigenvalue weighted by atomic mass is 32.1. The first kappa shape index (κ1) is 20.7. The van der Waals surface area contributed by atoms with Gasteiger partial charge in [-0.15, -0.1) is 11.3 Å². The van der Waals surface area contributed by atoms with Crippen LogP contribution >= 0.6 is 11.3 Å². The van der Waals surface area contributed by atoms with E-state index in [4.69, 9.17) is 0 Å². The van der Waals surface area contributed by atoms with Gasteiger partial charge in [0, 0.05) is 42.7 Å². The van der Waals surface area contributed by atoms with E-state index in [0.717, 1.165) is 38.2 Å². The van der Waals surface area contributed by atoms with Crippen molar-refractivity contribution in [3.63, 3.8) is 0 Å². The number of likely N-dealkylation sites (tertiary alicyclic amines) is 1. The predicted molar refractivity (Wildman–Crippen MR) is 118 cm³/mol. The molecule has 1 saturated carbocycles. The lowest BCUT2D eigenvalue weighted by Gasteiger charge is -2.34. The number of hydrogen-bond donors (Lipinski definition) is 2. The number of hydrogen-bond acceptors (Lipinski definition) is 7. The molecule has 2 N–H and O–H groups in total. The lowest BCUT2D eigenvalue weighted by molar-refractivity contribution is -0.384. The molecule has 1 aliphatic heterocycles. The van der Waals surface area contributed by atoms with Gasteiger partial charge in [-0.1, -0.05) is 13.8 Å². The third-order valence-corrected chi connectivity index (χ3v) is 6.30. The van der Waals surface area contributed by atoms with Crippen LogP contribution in [0, 0.1) is 22.0 Å². The minimum atomic E-state index is -0.455. The number of nitrogens with zero attached hydrogens (tertiary/aromatic N) is 3. The number of rotatable bonds is 7. The van der Waals surface area contributed by atoms with Crippen molar-refractivity contribution >= 4 is 33.8 Å². The van der Waals surface area contributed by atoms with Gasteiger partial charge in [0.2, 0.25) is 0 Å². The smallest absolute Gasteiger partial charge is 0.293 e. The normalized spacial score (nSPS) is 21.9. The average molecular weight is 430 g/mol. The second-order valence-corrected chi connectivity index (χ2v) is 9.50. The Morgan fingerprint density at radius 1 is 1.30 bits per heavy atom. The highest BCUT2D eigenvalue weighted by Crippen LogP contribution is 2.32. The van der Waals surface area contributed by atoms with Crippen LogP contribution in [0.25, 0.3) is 0 Å². The van der Waals surface area contributed by atoms with Crippen LogP contribution in [-0.2, 0) is 6.54 Å². The van der Waals surface area contributed by atoms with Gasteiger partial charge in [0.1, 0.15) is 5.69 Å². The van der Waals surface area contributed by atoms with Crippen LogP contribution in [0.5, 0.6) is 0 Å². The minimum absolute atomic E-state index is 0.0808. The molecule has 2 heterocycles. The Balaban J connectivity index is 1.40. The molecule has 4 rings (SSSR count). The summed E-state index contributed by atoms with van der Waals surface area (Å²) in [5, 5.41) is 19.8. The van der Waals surface area contributed by atoms with Crippen LogP contribution < -0.4 is 10.6 Å². The number of carbonyl (C=O) groups is 1. The van der Waals surface area contributed by atoms with Gasteiger partial charge in [-0.3, -0.25) is 25.1 Å². The maximum atomic E-state index is 12.6. The van der Waals surface area contributed by atoms with Crippen molar-refractivity contribution < 1.29 is 9.72 Å². The first-order valence-electron chi connectivity index (χ1n) is 10.4. The molecule has 2 atom stereocenters. The molecule has 0 spiro atoms. The predicted octanol–water partition coefficient (Wildman–Crippen LogP) is 4.36. The number of nitro groups is 1. The van der Waals surface area contributed by atoms with Crippen LogP contribution in [0.4, 0.5) is 16.5 Å². The Bertz CT molecular complexity index is 932. The van der Waals surface area contributed by atoms with E-state index in [1.807, 2.05) is 5.38 Å². The fourth-order valence-electron chi connectivity index (χ4n) is 4.15. The average Bonchev–Trinajstić information content (AvgIpc) is 3.39. The summed E-state index contributed by atoms with van der Waals surface area (Å²) in [5.41, 5.74) is 1.56. The first-order valence-corrected chi connectivity index (χ1v) is 11.3. The van der Waals surface area contributed by atoms with Crippen molar-refractivity contribution in [2.75, 3.05) is 23.7 Å². The minimum Gasteiger partial charge on any atom is -0.377 e. The van der Waals surface area contributed by atoms with Gasteiger partial charge < -0.3 is 5.32 Å². The fraction of sp³-hybridized carbons (Fsp3) is 0.524. The number of thiazole rings is 1. The number of amides is 1. The van der Waals surface area contributed by atoms with Gasteiger partial charge in [0.25, 0.3) is 11.6 Å². The molecule has 2 unspecified atom stereocenters. The van der Waals surface area contributed by atoms with Crippen LogP contribution in [0.3, 0.4) is 0 Å². The van der Waals surface area contributed by atoms with E-state index in [2.05, 4.69) is 34.4 Å². The molecular weight excluding hydrogens is 402 g/mol. The first-order chi connectivity index (χ1) is 14.4. The second-order valence-electron chi connectivity index (χ2n) is 8.65. The van der Waals surface area contributed by atoms with Crippen LogP contribution in [0.1, 0.15) is 49.2 Å². The van der Waals surface area contributed by atoms with Crippen molar-refractivity contribution in [3.05, 3.63) is 45.0 Å². The largest absolute Gasteiger partial charge is 0.377 e. The zero-order valence-corrected chi connectivity index (χ0v) is 18.1. The Morgan fingerprint density at radius 3 is 2.70 bits per heavy atom. The van der Waals surface area contributed by atoms with Crippen molar-refractivity contribution in [1.82, 2.24) is 9.88 Å². The maximum absolute atomic E-state index is 12.6. The quantitative estimate of drug-likeness (QED) is 0.501. The summed E-state index contributed by atoms with van der Waals surface area (Å²) in [6.45, 7) is 7.46. The highest BCUT2D eigenvalue weighted by molar-refractivity contribution is 7.14. The SMILES string of the molecule is CC1CC(C)CN(Cc2csc(NC(=O)c3ccc(NC4CC4)c([N+](=O)[O-])c3)n2)C1. The third kappa shape index (κ3) is 5.14. The molecule has 0 bridgehead atoms. The summed E-state index contributed by atoms with van der Waals surface area (Å²) < 4.78 is 0. The summed E-state index contributed by atoms with van der Waals surface area (Å²) in [6.07, 6.45) is 3.29. The molecule has 160 valence electrons. The fourth-order valence-corrected chi connectivity index (χ4v) is 4.85. The summed E-state index contributed by atoms with van der Waals surface area (Å²) in [5.74, 6) is 0.969.